The molecule has 2 aromatic carbocycles. The normalized spacial score (nSPS) is 13.0. The van der Waals surface area contributed by atoms with Crippen molar-refractivity contribution in [3.63, 3.8) is 0 Å². The number of fused-ring (bicyclic) bond motifs is 1. The van der Waals surface area contributed by atoms with Crippen molar-refractivity contribution in [1.29, 1.82) is 0 Å². The predicted molar refractivity (Wildman–Crippen MR) is 84.1 cm³/mol. The molecule has 2 amide bonds. The van der Waals surface area contributed by atoms with Gasteiger partial charge in [0.1, 0.15) is 12.4 Å². The second kappa shape index (κ2) is 6.49. The van der Waals surface area contributed by atoms with E-state index < -0.39 is 24.3 Å². The van der Waals surface area contributed by atoms with Gasteiger partial charge in [0.05, 0.1) is 16.9 Å². The van der Waals surface area contributed by atoms with Crippen LogP contribution in [0.25, 0.3) is 0 Å². The van der Waals surface area contributed by atoms with Gasteiger partial charge >= 0.3 is 5.97 Å². The molecular weight excluding hydrogens is 315 g/mol. The van der Waals surface area contributed by atoms with Gasteiger partial charge in [-0.25, -0.2) is 9.18 Å². The van der Waals surface area contributed by atoms with E-state index in [9.17, 15) is 18.8 Å². The van der Waals surface area contributed by atoms with Gasteiger partial charge in [0, 0.05) is 0 Å². The van der Waals surface area contributed by atoms with Crippen LogP contribution < -0.4 is 10.2 Å². The second-order valence-electron chi connectivity index (χ2n) is 5.13. The summed E-state index contributed by atoms with van der Waals surface area (Å²) in [5, 5.41) is 2.66. The number of carbonyl (C=O) groups is 3. The van der Waals surface area contributed by atoms with Crippen molar-refractivity contribution in [2.75, 3.05) is 23.4 Å². The molecule has 0 aromatic heterocycles. The van der Waals surface area contributed by atoms with E-state index in [4.69, 9.17) is 4.74 Å². The lowest BCUT2D eigenvalue weighted by atomic mass is 10.2. The van der Waals surface area contributed by atoms with Crippen LogP contribution in [-0.4, -0.2) is 30.9 Å². The van der Waals surface area contributed by atoms with E-state index in [0.29, 0.717) is 11.4 Å². The Morgan fingerprint density at radius 1 is 1.12 bits per heavy atom. The zero-order valence-electron chi connectivity index (χ0n) is 12.5. The number of carbonyl (C=O) groups excluding carboxylic acids is 3. The molecule has 0 saturated carbocycles. The Hall–Kier alpha value is -3.22. The molecule has 122 valence electrons. The molecule has 1 aliphatic heterocycles. The van der Waals surface area contributed by atoms with Crippen molar-refractivity contribution < 1.29 is 23.5 Å². The largest absolute Gasteiger partial charge is 0.452 e. The number of hydrogen-bond acceptors (Lipinski definition) is 4. The lowest BCUT2D eigenvalue weighted by Crippen LogP contribution is -2.44. The minimum absolute atomic E-state index is 0.140. The third-order valence-corrected chi connectivity index (χ3v) is 3.48. The third kappa shape index (κ3) is 3.24. The first-order chi connectivity index (χ1) is 11.5. The maximum atomic E-state index is 12.8. The van der Waals surface area contributed by atoms with Gasteiger partial charge in [-0.2, -0.15) is 0 Å². The van der Waals surface area contributed by atoms with Gasteiger partial charge in [-0.1, -0.05) is 12.1 Å². The average Bonchev–Trinajstić information content (AvgIpc) is 2.59. The van der Waals surface area contributed by atoms with Gasteiger partial charge < -0.3 is 10.1 Å². The number of para-hydroxylation sites is 2. The van der Waals surface area contributed by atoms with E-state index in [1.165, 1.54) is 17.0 Å². The van der Waals surface area contributed by atoms with Crippen molar-refractivity contribution in [1.82, 2.24) is 0 Å². The highest BCUT2D eigenvalue weighted by atomic mass is 19.1. The lowest BCUT2D eigenvalue weighted by Gasteiger charge is -2.28. The molecule has 0 radical (unpaired) electrons. The maximum Gasteiger partial charge on any atom is 0.338 e. The first-order valence-corrected chi connectivity index (χ1v) is 7.16. The summed E-state index contributed by atoms with van der Waals surface area (Å²) in [4.78, 5) is 37.1. The van der Waals surface area contributed by atoms with Crippen molar-refractivity contribution in [2.45, 2.75) is 0 Å². The minimum atomic E-state index is -0.738. The van der Waals surface area contributed by atoms with Gasteiger partial charge in [0.15, 0.2) is 6.61 Å². The second-order valence-corrected chi connectivity index (χ2v) is 5.13. The van der Waals surface area contributed by atoms with Crippen LogP contribution in [0.3, 0.4) is 0 Å². The number of amides is 2. The quantitative estimate of drug-likeness (QED) is 0.874. The molecule has 24 heavy (non-hydrogen) atoms. The van der Waals surface area contributed by atoms with Gasteiger partial charge in [-0.05, 0) is 36.4 Å². The Kier molecular flexibility index (Phi) is 4.24. The highest BCUT2D eigenvalue weighted by Crippen LogP contribution is 2.28. The molecule has 0 bridgehead atoms. The average molecular weight is 328 g/mol. The summed E-state index contributed by atoms with van der Waals surface area (Å²) >= 11 is 0. The Labute approximate surface area is 136 Å². The first kappa shape index (κ1) is 15.7. The molecule has 6 nitrogen and oxygen atoms in total. The highest BCUT2D eigenvalue weighted by Gasteiger charge is 2.27. The number of nitrogens with one attached hydrogen (secondary N) is 1. The Balaban J connectivity index is 1.68. The molecule has 0 spiro atoms. The summed E-state index contributed by atoms with van der Waals surface area (Å²) in [6.07, 6.45) is 0. The summed E-state index contributed by atoms with van der Waals surface area (Å²) in [6, 6.07) is 11.6. The number of nitrogens with zero attached hydrogens (tertiary/aromatic N) is 1. The minimum Gasteiger partial charge on any atom is -0.452 e. The Bertz CT molecular complexity index is 804. The topological polar surface area (TPSA) is 75.7 Å². The third-order valence-electron chi connectivity index (χ3n) is 3.48. The molecule has 0 fully saturated rings. The van der Waals surface area contributed by atoms with E-state index in [1.54, 1.807) is 24.3 Å². The summed E-state index contributed by atoms with van der Waals surface area (Å²) in [7, 11) is 0. The molecule has 3 rings (SSSR count). The standard InChI is InChI=1S/C17H13FN2O4/c18-12-7-5-11(6-8-12)17(23)24-10-16(22)20-9-15(21)19-13-3-1-2-4-14(13)20/h1-8H,9-10H2,(H,19,21). The van der Waals surface area contributed by atoms with Crippen LogP contribution in [0.2, 0.25) is 0 Å². The highest BCUT2D eigenvalue weighted by molar-refractivity contribution is 6.10. The summed E-state index contributed by atoms with van der Waals surface area (Å²) in [5.74, 6) is -2.06. The number of esters is 1. The number of hydrogen-bond donors (Lipinski definition) is 1. The molecule has 1 N–H and O–H groups in total. The van der Waals surface area contributed by atoms with Crippen molar-refractivity contribution >= 4 is 29.2 Å². The molecule has 0 unspecified atom stereocenters. The maximum absolute atomic E-state index is 12.8. The van der Waals surface area contributed by atoms with Crippen LogP contribution in [-0.2, 0) is 14.3 Å². The van der Waals surface area contributed by atoms with Crippen LogP contribution >= 0.6 is 0 Å². The van der Waals surface area contributed by atoms with E-state index in [-0.39, 0.29) is 18.0 Å². The Morgan fingerprint density at radius 2 is 1.83 bits per heavy atom. The zero-order valence-corrected chi connectivity index (χ0v) is 12.5. The summed E-state index contributed by atoms with van der Waals surface area (Å²) < 4.78 is 17.8. The SMILES string of the molecule is O=C1CN(C(=O)COC(=O)c2ccc(F)cc2)c2ccccc2N1. The number of anilines is 2. The van der Waals surface area contributed by atoms with Crippen molar-refractivity contribution in [3.05, 3.63) is 59.9 Å². The molecule has 0 atom stereocenters. The molecule has 1 heterocycles. The fourth-order valence-corrected chi connectivity index (χ4v) is 2.33. The fraction of sp³-hybridized carbons (Fsp3) is 0.118. The zero-order chi connectivity index (χ0) is 17.1. The lowest BCUT2D eigenvalue weighted by molar-refractivity contribution is -0.124. The molecular formula is C17H13FN2O4. The fourth-order valence-electron chi connectivity index (χ4n) is 2.33. The molecule has 1 aliphatic rings. The summed E-state index contributed by atoms with van der Waals surface area (Å²) in [6.45, 7) is -0.665. The van der Waals surface area contributed by atoms with Gasteiger partial charge in [0.25, 0.3) is 5.91 Å². The number of benzene rings is 2. The van der Waals surface area contributed by atoms with E-state index in [0.717, 1.165) is 12.1 Å². The molecule has 7 heteroatoms. The van der Waals surface area contributed by atoms with Crippen LogP contribution in [0.1, 0.15) is 10.4 Å². The molecule has 0 aliphatic carbocycles. The van der Waals surface area contributed by atoms with Crippen molar-refractivity contribution in [2.24, 2.45) is 0 Å². The molecule has 2 aromatic rings. The van der Waals surface area contributed by atoms with E-state index >= 15 is 0 Å². The molecule has 0 saturated heterocycles. The predicted octanol–water partition coefficient (Wildman–Crippen LogP) is 1.97. The van der Waals surface area contributed by atoms with E-state index in [2.05, 4.69) is 5.32 Å². The van der Waals surface area contributed by atoms with Crippen molar-refractivity contribution in [3.8, 4) is 0 Å². The smallest absolute Gasteiger partial charge is 0.338 e. The van der Waals surface area contributed by atoms with Gasteiger partial charge in [-0.15, -0.1) is 0 Å². The van der Waals surface area contributed by atoms with Crippen LogP contribution in [0.5, 0.6) is 0 Å². The van der Waals surface area contributed by atoms with E-state index in [1.807, 2.05) is 0 Å². The van der Waals surface area contributed by atoms with Gasteiger partial charge in [-0.3, -0.25) is 14.5 Å². The van der Waals surface area contributed by atoms with Crippen LogP contribution in [0.4, 0.5) is 15.8 Å². The van der Waals surface area contributed by atoms with Gasteiger partial charge in [0.2, 0.25) is 5.91 Å². The first-order valence-electron chi connectivity index (χ1n) is 7.16. The monoisotopic (exact) mass is 328 g/mol. The van der Waals surface area contributed by atoms with Crippen LogP contribution in [0.15, 0.2) is 48.5 Å². The van der Waals surface area contributed by atoms with Crippen LogP contribution in [0, 0.1) is 5.82 Å². The Morgan fingerprint density at radius 3 is 2.58 bits per heavy atom. The summed E-state index contributed by atoms with van der Waals surface area (Å²) in [5.41, 5.74) is 1.20. The number of halogens is 1. The number of ether oxygens (including phenoxy) is 1. The number of rotatable bonds is 3.